The van der Waals surface area contributed by atoms with Crippen LogP contribution in [0, 0.1) is 0 Å². The van der Waals surface area contributed by atoms with Crippen molar-refractivity contribution in [1.29, 1.82) is 0 Å². The van der Waals surface area contributed by atoms with Crippen molar-refractivity contribution in [2.24, 2.45) is 4.99 Å². The maximum absolute atomic E-state index is 11.0. The predicted octanol–water partition coefficient (Wildman–Crippen LogP) is -0.147. The Balaban J connectivity index is 3.41. The van der Waals surface area contributed by atoms with Gasteiger partial charge in [-0.25, -0.2) is 21.8 Å². The zero-order valence-corrected chi connectivity index (χ0v) is 8.24. The largest absolute Gasteiger partial charge is 0.253 e. The zero-order chi connectivity index (χ0) is 9.57. The first-order valence-corrected chi connectivity index (χ1v) is 6.40. The molecule has 0 aromatic rings. The molecule has 0 saturated carbocycles. The Morgan fingerprint density at radius 1 is 1.50 bits per heavy atom. The minimum absolute atomic E-state index is 0.567. The number of rotatable bonds is 0. The van der Waals surface area contributed by atoms with Gasteiger partial charge in [0.2, 0.25) is 19.7 Å². The molecule has 0 aliphatic carbocycles. The van der Waals surface area contributed by atoms with Gasteiger partial charge in [0.05, 0.1) is 6.20 Å². The molecule has 0 bridgehead atoms. The maximum atomic E-state index is 11.0. The van der Waals surface area contributed by atoms with Crippen molar-refractivity contribution in [3.63, 3.8) is 0 Å². The molecule has 0 amide bonds. The number of halogens is 1. The molecule has 0 atom stereocenters. The van der Waals surface area contributed by atoms with Crippen molar-refractivity contribution in [2.75, 3.05) is 6.26 Å². The van der Waals surface area contributed by atoms with Gasteiger partial charge in [-0.2, -0.15) is 0 Å². The van der Waals surface area contributed by atoms with Crippen LogP contribution in [0.3, 0.4) is 0 Å². The fraction of sp³-hybridized carbons (Fsp3) is 0.250. The van der Waals surface area contributed by atoms with E-state index in [0.29, 0.717) is 0 Å². The molecule has 68 valence electrons. The molecule has 1 heterocycles. The first kappa shape index (κ1) is 9.69. The molecular weight excluding hydrogens is 226 g/mol. The average Bonchev–Trinajstić information content (AvgIpc) is 2.06. The molecule has 1 aliphatic rings. The van der Waals surface area contributed by atoms with E-state index in [0.717, 1.165) is 12.5 Å². The van der Waals surface area contributed by atoms with Gasteiger partial charge in [-0.3, -0.25) is 0 Å². The molecule has 0 radical (unpaired) electrons. The fourth-order valence-corrected chi connectivity index (χ4v) is 3.68. The Labute approximate surface area is 74.6 Å². The van der Waals surface area contributed by atoms with Gasteiger partial charge in [0.1, 0.15) is 0 Å². The summed E-state index contributed by atoms with van der Waals surface area (Å²) in [5, 5.41) is 0. The molecule has 0 saturated heterocycles. The summed E-state index contributed by atoms with van der Waals surface area (Å²) < 4.78 is 42.2. The van der Waals surface area contributed by atoms with E-state index in [1.807, 2.05) is 0 Å². The third-order valence-corrected chi connectivity index (χ3v) is 5.27. The summed E-state index contributed by atoms with van der Waals surface area (Å²) in [6, 6.07) is 0. The summed E-state index contributed by atoms with van der Waals surface area (Å²) >= 11 is 5.20. The van der Waals surface area contributed by atoms with Crippen LogP contribution < -0.4 is 0 Å². The Morgan fingerprint density at radius 2 is 2.00 bits per heavy atom. The second-order valence-electron chi connectivity index (χ2n) is 2.10. The minimum Gasteiger partial charge on any atom is -0.231 e. The van der Waals surface area contributed by atoms with E-state index in [4.69, 9.17) is 11.6 Å². The Bertz CT molecular complexity index is 469. The summed E-state index contributed by atoms with van der Waals surface area (Å²) in [4.78, 5) is 3.19. The number of hydrogen-bond acceptors (Lipinski definition) is 5. The normalized spacial score (nSPS) is 21.8. The molecule has 12 heavy (non-hydrogen) atoms. The highest BCUT2D eigenvalue weighted by Crippen LogP contribution is 2.22. The summed E-state index contributed by atoms with van der Waals surface area (Å²) in [6.45, 7) is 0. The second-order valence-corrected chi connectivity index (χ2v) is 6.76. The molecule has 0 aromatic heterocycles. The SMILES string of the molecule is CS(=O)(=O)C1=NC=C(Cl)S1(=O)=O. The van der Waals surface area contributed by atoms with E-state index in [1.165, 1.54) is 0 Å². The van der Waals surface area contributed by atoms with Crippen molar-refractivity contribution in [3.05, 3.63) is 10.6 Å². The lowest BCUT2D eigenvalue weighted by atomic mass is 11.0. The molecule has 1 rings (SSSR count). The number of sulfone groups is 2. The van der Waals surface area contributed by atoms with Crippen LogP contribution in [0.1, 0.15) is 0 Å². The molecule has 0 aromatic carbocycles. The smallest absolute Gasteiger partial charge is 0.231 e. The van der Waals surface area contributed by atoms with Crippen molar-refractivity contribution in [1.82, 2.24) is 0 Å². The van der Waals surface area contributed by atoms with E-state index in [9.17, 15) is 16.8 Å². The number of nitrogens with zero attached hydrogens (tertiary/aromatic N) is 1. The van der Waals surface area contributed by atoms with Crippen LogP contribution in [0.25, 0.3) is 0 Å². The van der Waals surface area contributed by atoms with Crippen molar-refractivity contribution >= 4 is 35.7 Å². The van der Waals surface area contributed by atoms with Gasteiger partial charge in [-0.05, 0) is 0 Å². The first-order chi connectivity index (χ1) is 5.26. The highest BCUT2D eigenvalue weighted by molar-refractivity contribution is 8.33. The first-order valence-electron chi connectivity index (χ1n) is 2.65. The molecule has 1 aliphatic heterocycles. The van der Waals surface area contributed by atoms with Gasteiger partial charge in [0, 0.05) is 6.26 Å². The quantitative estimate of drug-likeness (QED) is 0.579. The third kappa shape index (κ3) is 1.39. The highest BCUT2D eigenvalue weighted by atomic mass is 35.5. The zero-order valence-electron chi connectivity index (χ0n) is 5.85. The highest BCUT2D eigenvalue weighted by Gasteiger charge is 2.35. The molecule has 0 spiro atoms. The molecular formula is C4H4ClNO4S2. The van der Waals surface area contributed by atoms with Crippen LogP contribution >= 0.6 is 11.6 Å². The molecule has 5 nitrogen and oxygen atoms in total. The van der Waals surface area contributed by atoms with Gasteiger partial charge in [0.25, 0.3) is 4.38 Å². The topological polar surface area (TPSA) is 80.6 Å². The van der Waals surface area contributed by atoms with Gasteiger partial charge >= 0.3 is 0 Å². The van der Waals surface area contributed by atoms with Gasteiger partial charge in [-0.15, -0.1) is 0 Å². The Kier molecular flexibility index (Phi) is 2.05. The minimum atomic E-state index is -4.03. The lowest BCUT2D eigenvalue weighted by Gasteiger charge is -1.96. The van der Waals surface area contributed by atoms with E-state index < -0.39 is 28.4 Å². The van der Waals surface area contributed by atoms with Crippen LogP contribution in [-0.2, 0) is 19.7 Å². The summed E-state index contributed by atoms with van der Waals surface area (Å²) in [5.41, 5.74) is 0. The number of aliphatic imine (C=N–C) groups is 1. The number of hydrogen-bond donors (Lipinski definition) is 0. The van der Waals surface area contributed by atoms with E-state index in [2.05, 4.69) is 4.99 Å². The van der Waals surface area contributed by atoms with Crippen LogP contribution in [-0.4, -0.2) is 27.5 Å². The predicted molar refractivity (Wildman–Crippen MR) is 45.1 cm³/mol. The van der Waals surface area contributed by atoms with Crippen molar-refractivity contribution in [2.45, 2.75) is 0 Å². The standard InChI is InChI=1S/C4H4ClNO4S2/c1-11(7,8)4-6-2-3(5)12(4,9)10/h2H,1H3. The van der Waals surface area contributed by atoms with E-state index >= 15 is 0 Å². The van der Waals surface area contributed by atoms with Crippen LogP contribution in [0.4, 0.5) is 0 Å². The molecule has 0 N–H and O–H groups in total. The maximum Gasteiger partial charge on any atom is 0.253 e. The van der Waals surface area contributed by atoms with Crippen molar-refractivity contribution in [3.8, 4) is 0 Å². The summed E-state index contributed by atoms with van der Waals surface area (Å²) in [6.07, 6.45) is 1.56. The fourth-order valence-electron chi connectivity index (χ4n) is 0.621. The Hall–Kier alpha value is -0.400. The molecule has 8 heteroatoms. The van der Waals surface area contributed by atoms with E-state index in [-0.39, 0.29) is 0 Å². The van der Waals surface area contributed by atoms with Gasteiger partial charge in [-0.1, -0.05) is 11.6 Å². The van der Waals surface area contributed by atoms with Gasteiger partial charge < -0.3 is 0 Å². The second kappa shape index (κ2) is 2.54. The lowest BCUT2D eigenvalue weighted by molar-refractivity contribution is 0.609. The van der Waals surface area contributed by atoms with Crippen molar-refractivity contribution < 1.29 is 16.8 Å². The van der Waals surface area contributed by atoms with Gasteiger partial charge in [0.15, 0.2) is 4.36 Å². The average molecular weight is 230 g/mol. The molecule has 0 unspecified atom stereocenters. The summed E-state index contributed by atoms with van der Waals surface area (Å²) in [7, 11) is -7.85. The van der Waals surface area contributed by atoms with E-state index in [1.54, 1.807) is 0 Å². The lowest BCUT2D eigenvalue weighted by Crippen LogP contribution is -2.20. The Morgan fingerprint density at radius 3 is 2.17 bits per heavy atom. The van der Waals surface area contributed by atoms with Crippen LogP contribution in [0.15, 0.2) is 15.6 Å². The van der Waals surface area contributed by atoms with Crippen LogP contribution in [0.2, 0.25) is 0 Å². The monoisotopic (exact) mass is 229 g/mol. The summed E-state index contributed by atoms with van der Waals surface area (Å²) in [5.74, 6) is 0. The molecule has 0 fully saturated rings. The van der Waals surface area contributed by atoms with Crippen LogP contribution in [0.5, 0.6) is 0 Å². The third-order valence-electron chi connectivity index (χ3n) is 1.08.